The predicted molar refractivity (Wildman–Crippen MR) is 65.1 cm³/mol. The van der Waals surface area contributed by atoms with Crippen LogP contribution < -0.4 is 10.6 Å². The lowest BCUT2D eigenvalue weighted by atomic mass is 10.3. The van der Waals surface area contributed by atoms with Crippen LogP contribution in [0.3, 0.4) is 0 Å². The van der Waals surface area contributed by atoms with E-state index in [1.807, 2.05) is 6.92 Å². The average molecular weight is 254 g/mol. The lowest BCUT2D eigenvalue weighted by Crippen LogP contribution is -2.37. The van der Waals surface area contributed by atoms with Crippen molar-refractivity contribution in [2.45, 2.75) is 19.4 Å². The molecule has 0 unspecified atom stereocenters. The van der Waals surface area contributed by atoms with E-state index in [9.17, 15) is 9.59 Å². The Labute approximate surface area is 106 Å². The Morgan fingerprint density at radius 2 is 2.28 bits per heavy atom. The third kappa shape index (κ3) is 5.01. The maximum Gasteiger partial charge on any atom is 0.286 e. The van der Waals surface area contributed by atoms with Crippen LogP contribution in [0, 0.1) is 0 Å². The number of hydrogen-bond acceptors (Lipinski definition) is 4. The van der Waals surface area contributed by atoms with Crippen LogP contribution in [0.25, 0.3) is 0 Å². The molecule has 1 aromatic rings. The summed E-state index contributed by atoms with van der Waals surface area (Å²) in [5, 5.41) is 5.35. The van der Waals surface area contributed by atoms with E-state index >= 15 is 0 Å². The Bertz CT molecular complexity index is 375. The molecule has 6 heteroatoms. The number of carbonyl (C=O) groups is 2. The van der Waals surface area contributed by atoms with Gasteiger partial charge in [0.05, 0.1) is 12.9 Å². The van der Waals surface area contributed by atoms with Gasteiger partial charge < -0.3 is 19.8 Å². The zero-order valence-electron chi connectivity index (χ0n) is 10.6. The van der Waals surface area contributed by atoms with Gasteiger partial charge in [0.15, 0.2) is 5.76 Å². The number of rotatable bonds is 7. The summed E-state index contributed by atoms with van der Waals surface area (Å²) in [6.07, 6.45) is 1.65. The Kier molecular flexibility index (Phi) is 5.93. The van der Waals surface area contributed by atoms with Gasteiger partial charge in [-0.3, -0.25) is 9.59 Å². The molecule has 6 nitrogen and oxygen atoms in total. The monoisotopic (exact) mass is 254 g/mol. The lowest BCUT2D eigenvalue weighted by molar-refractivity contribution is -0.121. The summed E-state index contributed by atoms with van der Waals surface area (Å²) >= 11 is 0. The Hall–Kier alpha value is -1.82. The molecule has 0 spiro atoms. The molecule has 1 heterocycles. The Morgan fingerprint density at radius 1 is 1.50 bits per heavy atom. The molecule has 0 aliphatic rings. The summed E-state index contributed by atoms with van der Waals surface area (Å²) in [6.45, 7) is 2.58. The van der Waals surface area contributed by atoms with Crippen molar-refractivity contribution in [3.8, 4) is 0 Å². The number of carbonyl (C=O) groups excluding carboxylic acids is 2. The Morgan fingerprint density at radius 3 is 2.89 bits per heavy atom. The minimum Gasteiger partial charge on any atom is -0.459 e. The molecule has 0 bridgehead atoms. The molecule has 1 aromatic heterocycles. The van der Waals surface area contributed by atoms with Crippen LogP contribution >= 0.6 is 0 Å². The molecule has 0 aromatic carbocycles. The maximum absolute atomic E-state index is 11.5. The molecule has 2 N–H and O–H groups in total. The zero-order valence-corrected chi connectivity index (χ0v) is 10.6. The van der Waals surface area contributed by atoms with E-state index in [1.165, 1.54) is 6.26 Å². The molecule has 18 heavy (non-hydrogen) atoms. The molecule has 0 aliphatic heterocycles. The van der Waals surface area contributed by atoms with Crippen LogP contribution in [0.4, 0.5) is 0 Å². The van der Waals surface area contributed by atoms with Gasteiger partial charge in [-0.2, -0.15) is 0 Å². The second-order valence-corrected chi connectivity index (χ2v) is 3.91. The molecule has 2 amide bonds. The highest BCUT2D eigenvalue weighted by Crippen LogP contribution is 1.98. The molecule has 100 valence electrons. The zero-order chi connectivity index (χ0) is 13.4. The topological polar surface area (TPSA) is 80.6 Å². The van der Waals surface area contributed by atoms with Crippen molar-refractivity contribution in [2.24, 2.45) is 0 Å². The van der Waals surface area contributed by atoms with Crippen molar-refractivity contribution in [3.05, 3.63) is 24.2 Å². The predicted octanol–water partition coefficient (Wildman–Crippen LogP) is 0.551. The first-order valence-corrected chi connectivity index (χ1v) is 5.73. The fourth-order valence-electron chi connectivity index (χ4n) is 1.42. The molecular formula is C12H18N2O4. The highest BCUT2D eigenvalue weighted by molar-refractivity contribution is 5.91. The second-order valence-electron chi connectivity index (χ2n) is 3.91. The van der Waals surface area contributed by atoms with Gasteiger partial charge in [-0.1, -0.05) is 0 Å². The summed E-state index contributed by atoms with van der Waals surface area (Å²) in [5.74, 6) is -0.208. The molecule has 0 fully saturated rings. The molecule has 0 saturated carbocycles. The number of methoxy groups -OCH3 is 1. The standard InChI is InChI=1S/C12H18N2O4/c1-9(8-17-2)14-11(15)5-6-13-12(16)10-4-3-7-18-10/h3-4,7,9H,5-6,8H2,1-2H3,(H,13,16)(H,14,15)/t9-/m1/s1. The van der Waals surface area contributed by atoms with E-state index in [2.05, 4.69) is 10.6 Å². The van der Waals surface area contributed by atoms with Crippen molar-refractivity contribution >= 4 is 11.8 Å². The summed E-state index contributed by atoms with van der Waals surface area (Å²) in [4.78, 5) is 22.9. The fraction of sp³-hybridized carbons (Fsp3) is 0.500. The first-order valence-electron chi connectivity index (χ1n) is 5.73. The SMILES string of the molecule is COC[C@@H](C)NC(=O)CCNC(=O)c1ccco1. The van der Waals surface area contributed by atoms with Crippen molar-refractivity contribution in [3.63, 3.8) is 0 Å². The van der Waals surface area contributed by atoms with E-state index in [1.54, 1.807) is 19.2 Å². The number of hydrogen-bond donors (Lipinski definition) is 2. The second kappa shape index (κ2) is 7.50. The van der Waals surface area contributed by atoms with Gasteiger partial charge in [-0.05, 0) is 19.1 Å². The largest absolute Gasteiger partial charge is 0.459 e. The van der Waals surface area contributed by atoms with Gasteiger partial charge in [-0.25, -0.2) is 0 Å². The average Bonchev–Trinajstić information content (AvgIpc) is 2.82. The maximum atomic E-state index is 11.5. The van der Waals surface area contributed by atoms with Crippen LogP contribution in [0.2, 0.25) is 0 Å². The van der Waals surface area contributed by atoms with Gasteiger partial charge in [0.1, 0.15) is 0 Å². The first kappa shape index (κ1) is 14.2. The number of amides is 2. The minimum atomic E-state index is -0.322. The lowest BCUT2D eigenvalue weighted by Gasteiger charge is -2.12. The van der Waals surface area contributed by atoms with Gasteiger partial charge in [0.2, 0.25) is 5.91 Å². The van der Waals surface area contributed by atoms with Crippen LogP contribution in [0.5, 0.6) is 0 Å². The number of nitrogens with one attached hydrogen (secondary N) is 2. The summed E-state index contributed by atoms with van der Waals surface area (Å²) in [7, 11) is 1.58. The van der Waals surface area contributed by atoms with Gasteiger partial charge in [0.25, 0.3) is 5.91 Å². The third-order valence-corrected chi connectivity index (χ3v) is 2.21. The Balaban J connectivity index is 2.17. The van der Waals surface area contributed by atoms with Crippen LogP contribution in [-0.4, -0.2) is 38.1 Å². The van der Waals surface area contributed by atoms with E-state index in [4.69, 9.17) is 9.15 Å². The van der Waals surface area contributed by atoms with E-state index in [-0.39, 0.29) is 36.6 Å². The van der Waals surface area contributed by atoms with Gasteiger partial charge >= 0.3 is 0 Å². The van der Waals surface area contributed by atoms with E-state index in [0.717, 1.165) is 0 Å². The quantitative estimate of drug-likeness (QED) is 0.744. The van der Waals surface area contributed by atoms with Crippen molar-refractivity contribution in [1.29, 1.82) is 0 Å². The first-order chi connectivity index (χ1) is 8.63. The summed E-state index contributed by atoms with van der Waals surface area (Å²) in [5.41, 5.74) is 0. The van der Waals surface area contributed by atoms with Crippen LogP contribution in [0.15, 0.2) is 22.8 Å². The van der Waals surface area contributed by atoms with Gasteiger partial charge in [-0.15, -0.1) is 0 Å². The number of furan rings is 1. The molecule has 1 atom stereocenters. The smallest absolute Gasteiger partial charge is 0.286 e. The van der Waals surface area contributed by atoms with Crippen molar-refractivity contribution in [2.75, 3.05) is 20.3 Å². The molecule has 0 aliphatic carbocycles. The highest BCUT2D eigenvalue weighted by atomic mass is 16.5. The van der Waals surface area contributed by atoms with Crippen molar-refractivity contribution in [1.82, 2.24) is 10.6 Å². The summed E-state index contributed by atoms with van der Waals surface area (Å²) < 4.78 is 9.82. The fourth-order valence-corrected chi connectivity index (χ4v) is 1.42. The van der Waals surface area contributed by atoms with Crippen LogP contribution in [0.1, 0.15) is 23.9 Å². The minimum absolute atomic E-state index is 0.0386. The van der Waals surface area contributed by atoms with Crippen LogP contribution in [-0.2, 0) is 9.53 Å². The van der Waals surface area contributed by atoms with Gasteiger partial charge in [0, 0.05) is 26.1 Å². The molecule has 1 rings (SSSR count). The molecule has 0 radical (unpaired) electrons. The molecular weight excluding hydrogens is 236 g/mol. The third-order valence-electron chi connectivity index (χ3n) is 2.21. The van der Waals surface area contributed by atoms with Crippen molar-refractivity contribution < 1.29 is 18.7 Å². The molecule has 0 saturated heterocycles. The summed E-state index contributed by atoms with van der Waals surface area (Å²) in [6, 6.07) is 3.16. The normalized spacial score (nSPS) is 11.9. The van der Waals surface area contributed by atoms with E-state index in [0.29, 0.717) is 6.61 Å². The van der Waals surface area contributed by atoms with E-state index < -0.39 is 0 Å². The number of ether oxygens (including phenoxy) is 1. The highest BCUT2D eigenvalue weighted by Gasteiger charge is 2.10.